The molecule has 4 aromatic rings. The third kappa shape index (κ3) is 4.76. The SMILES string of the molecule is O=C(Cn1nc(-c2ccccc2)cc1-c1ccccc1)N1CCN(Cc2ccccc2)C(=O)C1. The maximum absolute atomic E-state index is 13.2. The summed E-state index contributed by atoms with van der Waals surface area (Å²) in [6.45, 7) is 1.80. The summed E-state index contributed by atoms with van der Waals surface area (Å²) in [6.07, 6.45) is 0. The van der Waals surface area contributed by atoms with Gasteiger partial charge in [0, 0.05) is 25.2 Å². The van der Waals surface area contributed by atoms with E-state index in [4.69, 9.17) is 5.10 Å². The molecular formula is C28H26N4O2. The zero-order chi connectivity index (χ0) is 23.3. The van der Waals surface area contributed by atoms with E-state index in [1.54, 1.807) is 9.58 Å². The third-order valence-corrected chi connectivity index (χ3v) is 6.09. The number of amides is 2. The van der Waals surface area contributed by atoms with E-state index in [9.17, 15) is 9.59 Å². The van der Waals surface area contributed by atoms with E-state index >= 15 is 0 Å². The summed E-state index contributed by atoms with van der Waals surface area (Å²) in [5.41, 5.74) is 4.77. The second-order valence-electron chi connectivity index (χ2n) is 8.42. The zero-order valence-electron chi connectivity index (χ0n) is 18.9. The van der Waals surface area contributed by atoms with Gasteiger partial charge in [-0.2, -0.15) is 5.10 Å². The first kappa shape index (κ1) is 21.6. The Kier molecular flexibility index (Phi) is 6.21. The fourth-order valence-corrected chi connectivity index (χ4v) is 4.25. The van der Waals surface area contributed by atoms with Crippen molar-refractivity contribution in [1.82, 2.24) is 19.6 Å². The van der Waals surface area contributed by atoms with Crippen LogP contribution in [-0.2, 0) is 22.7 Å². The summed E-state index contributed by atoms with van der Waals surface area (Å²) >= 11 is 0. The highest BCUT2D eigenvalue weighted by atomic mass is 16.2. The van der Waals surface area contributed by atoms with Crippen LogP contribution in [0.4, 0.5) is 0 Å². The number of carbonyl (C=O) groups excluding carboxylic acids is 2. The van der Waals surface area contributed by atoms with Gasteiger partial charge >= 0.3 is 0 Å². The number of piperazine rings is 1. The van der Waals surface area contributed by atoms with Crippen LogP contribution in [0.2, 0.25) is 0 Å². The van der Waals surface area contributed by atoms with E-state index in [0.717, 1.165) is 28.1 Å². The molecule has 1 saturated heterocycles. The Bertz CT molecular complexity index is 1270. The van der Waals surface area contributed by atoms with Crippen LogP contribution >= 0.6 is 0 Å². The lowest BCUT2D eigenvalue weighted by Gasteiger charge is -2.34. The average Bonchev–Trinajstić information content (AvgIpc) is 3.30. The molecule has 1 fully saturated rings. The molecule has 1 aliphatic heterocycles. The Morgan fingerprint density at radius 2 is 1.41 bits per heavy atom. The minimum Gasteiger partial charge on any atom is -0.335 e. The molecule has 0 bridgehead atoms. The van der Waals surface area contributed by atoms with Crippen LogP contribution in [0.15, 0.2) is 97.1 Å². The van der Waals surface area contributed by atoms with E-state index in [1.165, 1.54) is 0 Å². The Hall–Kier alpha value is -4.19. The van der Waals surface area contributed by atoms with Crippen LogP contribution in [-0.4, -0.2) is 51.0 Å². The van der Waals surface area contributed by atoms with Crippen molar-refractivity contribution in [1.29, 1.82) is 0 Å². The molecule has 0 unspecified atom stereocenters. The van der Waals surface area contributed by atoms with Crippen LogP contribution in [0.3, 0.4) is 0 Å². The molecule has 2 amide bonds. The minimum absolute atomic E-state index is 0.0304. The van der Waals surface area contributed by atoms with Gasteiger partial charge in [0.1, 0.15) is 6.54 Å². The van der Waals surface area contributed by atoms with Crippen molar-refractivity contribution in [2.45, 2.75) is 13.1 Å². The molecule has 1 aromatic heterocycles. The average molecular weight is 451 g/mol. The minimum atomic E-state index is -0.104. The summed E-state index contributed by atoms with van der Waals surface area (Å²) in [5.74, 6) is -0.134. The first-order chi connectivity index (χ1) is 16.7. The van der Waals surface area contributed by atoms with Gasteiger partial charge < -0.3 is 9.80 Å². The molecule has 0 atom stereocenters. The lowest BCUT2D eigenvalue weighted by molar-refractivity contribution is -0.146. The van der Waals surface area contributed by atoms with Gasteiger partial charge in [-0.05, 0) is 17.2 Å². The smallest absolute Gasteiger partial charge is 0.244 e. The van der Waals surface area contributed by atoms with Crippen molar-refractivity contribution in [2.24, 2.45) is 0 Å². The third-order valence-electron chi connectivity index (χ3n) is 6.09. The molecule has 0 spiro atoms. The lowest BCUT2D eigenvalue weighted by atomic mass is 10.1. The van der Waals surface area contributed by atoms with E-state index in [1.807, 2.05) is 102 Å². The first-order valence-corrected chi connectivity index (χ1v) is 11.5. The molecule has 0 saturated carbocycles. The van der Waals surface area contributed by atoms with Crippen LogP contribution < -0.4 is 0 Å². The van der Waals surface area contributed by atoms with Gasteiger partial charge in [0.25, 0.3) is 0 Å². The van der Waals surface area contributed by atoms with Gasteiger partial charge in [0.05, 0.1) is 17.9 Å². The van der Waals surface area contributed by atoms with Crippen molar-refractivity contribution < 1.29 is 9.59 Å². The van der Waals surface area contributed by atoms with E-state index < -0.39 is 0 Å². The van der Waals surface area contributed by atoms with Crippen LogP contribution in [0, 0.1) is 0 Å². The topological polar surface area (TPSA) is 58.4 Å². The van der Waals surface area contributed by atoms with Gasteiger partial charge in [-0.15, -0.1) is 0 Å². The number of hydrogen-bond acceptors (Lipinski definition) is 3. The van der Waals surface area contributed by atoms with Crippen molar-refractivity contribution in [3.63, 3.8) is 0 Å². The van der Waals surface area contributed by atoms with Gasteiger partial charge in [-0.3, -0.25) is 14.3 Å². The Morgan fingerprint density at radius 1 is 0.794 bits per heavy atom. The molecule has 5 rings (SSSR count). The zero-order valence-corrected chi connectivity index (χ0v) is 18.9. The van der Waals surface area contributed by atoms with Gasteiger partial charge in [0.2, 0.25) is 11.8 Å². The molecule has 6 heteroatoms. The second-order valence-corrected chi connectivity index (χ2v) is 8.42. The second kappa shape index (κ2) is 9.75. The maximum atomic E-state index is 13.2. The molecule has 1 aliphatic rings. The summed E-state index contributed by atoms with van der Waals surface area (Å²) in [7, 11) is 0. The molecule has 0 N–H and O–H groups in total. The number of carbonyl (C=O) groups is 2. The highest BCUT2D eigenvalue weighted by Gasteiger charge is 2.28. The predicted molar refractivity (Wildman–Crippen MR) is 132 cm³/mol. The summed E-state index contributed by atoms with van der Waals surface area (Å²) in [6, 6.07) is 31.8. The number of benzene rings is 3. The summed E-state index contributed by atoms with van der Waals surface area (Å²) in [5, 5.41) is 4.76. The van der Waals surface area contributed by atoms with Gasteiger partial charge in [-0.25, -0.2) is 0 Å². The van der Waals surface area contributed by atoms with E-state index in [-0.39, 0.29) is 24.9 Å². The molecule has 0 aliphatic carbocycles. The van der Waals surface area contributed by atoms with Crippen LogP contribution in [0.1, 0.15) is 5.56 Å². The van der Waals surface area contributed by atoms with Gasteiger partial charge in [-0.1, -0.05) is 91.0 Å². The van der Waals surface area contributed by atoms with Crippen molar-refractivity contribution in [3.8, 4) is 22.5 Å². The maximum Gasteiger partial charge on any atom is 0.244 e. The van der Waals surface area contributed by atoms with Crippen molar-refractivity contribution in [2.75, 3.05) is 19.6 Å². The molecule has 3 aromatic carbocycles. The summed E-state index contributed by atoms with van der Waals surface area (Å²) < 4.78 is 1.75. The Balaban J connectivity index is 1.32. The fraction of sp³-hybridized carbons (Fsp3) is 0.179. The molecule has 0 radical (unpaired) electrons. The van der Waals surface area contributed by atoms with Gasteiger partial charge in [0.15, 0.2) is 0 Å². The fourth-order valence-electron chi connectivity index (χ4n) is 4.25. The standard InChI is InChI=1S/C28H26N4O2/c33-27-20-31(17-16-30(27)19-22-10-4-1-5-11-22)28(34)21-32-26(24-14-8-3-9-15-24)18-25(29-32)23-12-6-2-7-13-23/h1-15,18H,16-17,19-21H2. The number of hydrogen-bond donors (Lipinski definition) is 0. The predicted octanol–water partition coefficient (Wildman–Crippen LogP) is 4.09. The molecule has 6 nitrogen and oxygen atoms in total. The largest absolute Gasteiger partial charge is 0.335 e. The quantitative estimate of drug-likeness (QED) is 0.445. The molecule has 2 heterocycles. The van der Waals surface area contributed by atoms with Crippen molar-refractivity contribution >= 4 is 11.8 Å². The lowest BCUT2D eigenvalue weighted by Crippen LogP contribution is -2.52. The summed E-state index contributed by atoms with van der Waals surface area (Å²) in [4.78, 5) is 29.4. The van der Waals surface area contributed by atoms with Crippen LogP contribution in [0.5, 0.6) is 0 Å². The Morgan fingerprint density at radius 3 is 2.06 bits per heavy atom. The monoisotopic (exact) mass is 450 g/mol. The molecule has 170 valence electrons. The number of aromatic nitrogens is 2. The van der Waals surface area contributed by atoms with Crippen LogP contribution in [0.25, 0.3) is 22.5 Å². The number of nitrogens with zero attached hydrogens (tertiary/aromatic N) is 4. The Labute approximate surface area is 199 Å². The highest BCUT2D eigenvalue weighted by Crippen LogP contribution is 2.26. The molecular weight excluding hydrogens is 424 g/mol. The highest BCUT2D eigenvalue weighted by molar-refractivity contribution is 5.86. The van der Waals surface area contributed by atoms with Crippen molar-refractivity contribution in [3.05, 3.63) is 103 Å². The first-order valence-electron chi connectivity index (χ1n) is 11.5. The van der Waals surface area contributed by atoms with E-state index in [0.29, 0.717) is 19.6 Å². The molecule has 34 heavy (non-hydrogen) atoms. The normalized spacial score (nSPS) is 13.8. The van der Waals surface area contributed by atoms with E-state index in [2.05, 4.69) is 0 Å². The number of rotatable bonds is 6.